The molecule has 3 aromatic rings. The van der Waals surface area contributed by atoms with Gasteiger partial charge in [-0.2, -0.15) is 0 Å². The molecule has 0 unspecified atom stereocenters. The molecular formula is C19H23ClN2. The maximum atomic E-state index is 6.14. The van der Waals surface area contributed by atoms with Crippen molar-refractivity contribution in [1.29, 1.82) is 0 Å². The van der Waals surface area contributed by atoms with E-state index >= 15 is 0 Å². The minimum atomic E-state index is 0.473. The monoisotopic (exact) mass is 314 g/mol. The summed E-state index contributed by atoms with van der Waals surface area (Å²) in [7, 11) is 0. The molecule has 0 bridgehead atoms. The first-order valence-corrected chi connectivity index (χ1v) is 8.21. The number of nitrogens with zero attached hydrogens (tertiary/aromatic N) is 2. The highest BCUT2D eigenvalue weighted by atomic mass is 35.5. The lowest BCUT2D eigenvalue weighted by molar-refractivity contribution is 0.789. The molecule has 0 aliphatic carbocycles. The van der Waals surface area contributed by atoms with Crippen LogP contribution in [0.5, 0.6) is 0 Å². The van der Waals surface area contributed by atoms with Gasteiger partial charge in [0.15, 0.2) is 0 Å². The summed E-state index contributed by atoms with van der Waals surface area (Å²) in [4.78, 5) is 4.41. The predicted molar refractivity (Wildman–Crippen MR) is 95.7 cm³/mol. The summed E-state index contributed by atoms with van der Waals surface area (Å²) in [5, 5.41) is 2.03. The van der Waals surface area contributed by atoms with E-state index in [0.29, 0.717) is 5.92 Å². The lowest BCUT2D eigenvalue weighted by Crippen LogP contribution is -1.99. The molecule has 2 nitrogen and oxygen atoms in total. The number of rotatable bonds is 3. The number of pyridine rings is 1. The highest BCUT2D eigenvalue weighted by Crippen LogP contribution is 2.30. The Kier molecular flexibility index (Phi) is 5.62. The quantitative estimate of drug-likeness (QED) is 0.589. The molecule has 2 heterocycles. The highest BCUT2D eigenvalue weighted by Gasteiger charge is 2.12. The van der Waals surface area contributed by atoms with E-state index in [4.69, 9.17) is 11.6 Å². The third-order valence-electron chi connectivity index (χ3n) is 3.55. The second kappa shape index (κ2) is 7.46. The molecule has 0 aliphatic rings. The predicted octanol–water partition coefficient (Wildman–Crippen LogP) is 5.89. The number of hydrogen-bond acceptors (Lipinski definition) is 1. The molecule has 0 amide bonds. The van der Waals surface area contributed by atoms with Crippen LogP contribution in [0.15, 0.2) is 48.8 Å². The van der Waals surface area contributed by atoms with Gasteiger partial charge in [-0.05, 0) is 41.8 Å². The maximum Gasteiger partial charge on any atom is 0.0648 e. The number of halogens is 1. The summed E-state index contributed by atoms with van der Waals surface area (Å²) in [6.07, 6.45) is 4.06. The fourth-order valence-electron chi connectivity index (χ4n) is 2.55. The Bertz CT molecular complexity index is 730. The molecular weight excluding hydrogens is 292 g/mol. The van der Waals surface area contributed by atoms with E-state index in [1.54, 1.807) is 0 Å². The molecule has 0 radical (unpaired) electrons. The van der Waals surface area contributed by atoms with Crippen molar-refractivity contribution in [2.24, 2.45) is 0 Å². The van der Waals surface area contributed by atoms with E-state index < -0.39 is 0 Å². The fourth-order valence-corrected chi connectivity index (χ4v) is 2.73. The van der Waals surface area contributed by atoms with E-state index in [2.05, 4.69) is 47.8 Å². The van der Waals surface area contributed by atoms with Gasteiger partial charge in [-0.1, -0.05) is 45.4 Å². The van der Waals surface area contributed by atoms with E-state index in [1.807, 2.05) is 38.2 Å². The topological polar surface area (TPSA) is 17.8 Å². The van der Waals surface area contributed by atoms with Crippen LogP contribution in [0.25, 0.3) is 10.9 Å². The third kappa shape index (κ3) is 3.50. The zero-order valence-corrected chi connectivity index (χ0v) is 14.4. The van der Waals surface area contributed by atoms with Crippen molar-refractivity contribution in [3.05, 3.63) is 65.1 Å². The number of fused-ring (bicyclic) bond motifs is 1. The summed E-state index contributed by atoms with van der Waals surface area (Å²) >= 11 is 6.14. The van der Waals surface area contributed by atoms with Crippen molar-refractivity contribution in [1.82, 2.24) is 9.55 Å². The Morgan fingerprint density at radius 1 is 1.14 bits per heavy atom. The third-order valence-corrected chi connectivity index (χ3v) is 3.79. The lowest BCUT2D eigenvalue weighted by atomic mass is 10.0. The summed E-state index contributed by atoms with van der Waals surface area (Å²) in [5.41, 5.74) is 3.61. The van der Waals surface area contributed by atoms with Crippen molar-refractivity contribution in [2.45, 2.75) is 40.2 Å². The van der Waals surface area contributed by atoms with Gasteiger partial charge in [0.05, 0.1) is 12.2 Å². The number of hydrogen-bond donors (Lipinski definition) is 0. The van der Waals surface area contributed by atoms with Crippen LogP contribution in [-0.4, -0.2) is 9.55 Å². The van der Waals surface area contributed by atoms with Gasteiger partial charge >= 0.3 is 0 Å². The van der Waals surface area contributed by atoms with Crippen LogP contribution < -0.4 is 0 Å². The molecule has 3 heteroatoms. The van der Waals surface area contributed by atoms with Crippen LogP contribution >= 0.6 is 11.6 Å². The van der Waals surface area contributed by atoms with E-state index in [9.17, 15) is 0 Å². The molecule has 0 atom stereocenters. The smallest absolute Gasteiger partial charge is 0.0648 e. The van der Waals surface area contributed by atoms with Gasteiger partial charge in [0.25, 0.3) is 0 Å². The molecule has 0 saturated carbocycles. The summed E-state index contributed by atoms with van der Waals surface area (Å²) < 4.78 is 2.25. The van der Waals surface area contributed by atoms with E-state index in [1.165, 1.54) is 16.5 Å². The van der Waals surface area contributed by atoms with Crippen LogP contribution in [0.1, 0.15) is 44.9 Å². The summed E-state index contributed by atoms with van der Waals surface area (Å²) in [5.74, 6) is 0.473. The Morgan fingerprint density at radius 2 is 1.91 bits per heavy atom. The summed E-state index contributed by atoms with van der Waals surface area (Å²) in [6, 6.07) is 12.1. The van der Waals surface area contributed by atoms with Crippen molar-refractivity contribution in [2.75, 3.05) is 0 Å². The molecule has 0 fully saturated rings. The SMILES string of the molecule is CC.CC(C)c1cn(Cc2ccccn2)c2ccc(Cl)cc12. The van der Waals surface area contributed by atoms with Crippen molar-refractivity contribution in [3.8, 4) is 0 Å². The Morgan fingerprint density at radius 3 is 2.55 bits per heavy atom. The van der Waals surface area contributed by atoms with Crippen LogP contribution in [0.2, 0.25) is 5.02 Å². The summed E-state index contributed by atoms with van der Waals surface area (Å²) in [6.45, 7) is 9.20. The average molecular weight is 315 g/mol. The first-order chi connectivity index (χ1) is 10.6. The van der Waals surface area contributed by atoms with Gasteiger partial charge < -0.3 is 4.57 Å². The molecule has 0 spiro atoms. The molecule has 116 valence electrons. The average Bonchev–Trinajstić information content (AvgIpc) is 2.88. The van der Waals surface area contributed by atoms with Gasteiger partial charge in [0.2, 0.25) is 0 Å². The molecule has 1 aromatic carbocycles. The van der Waals surface area contributed by atoms with Gasteiger partial charge in [-0.25, -0.2) is 0 Å². The maximum absolute atomic E-state index is 6.14. The van der Waals surface area contributed by atoms with Crippen LogP contribution in [0.4, 0.5) is 0 Å². The fraction of sp³-hybridized carbons (Fsp3) is 0.316. The van der Waals surface area contributed by atoms with Crippen molar-refractivity contribution in [3.63, 3.8) is 0 Å². The highest BCUT2D eigenvalue weighted by molar-refractivity contribution is 6.31. The minimum absolute atomic E-state index is 0.473. The van der Waals surface area contributed by atoms with Crippen molar-refractivity contribution < 1.29 is 0 Å². The van der Waals surface area contributed by atoms with Gasteiger partial charge in [-0.3, -0.25) is 4.98 Å². The molecule has 2 aromatic heterocycles. The first-order valence-electron chi connectivity index (χ1n) is 7.83. The lowest BCUT2D eigenvalue weighted by Gasteiger charge is -2.04. The van der Waals surface area contributed by atoms with E-state index in [-0.39, 0.29) is 0 Å². The van der Waals surface area contributed by atoms with Gasteiger partial charge in [-0.15, -0.1) is 0 Å². The normalized spacial score (nSPS) is 10.6. The molecule has 0 aliphatic heterocycles. The molecule has 0 N–H and O–H groups in total. The van der Waals surface area contributed by atoms with Gasteiger partial charge in [0.1, 0.15) is 0 Å². The number of benzene rings is 1. The number of aromatic nitrogens is 2. The van der Waals surface area contributed by atoms with Crippen LogP contribution in [0, 0.1) is 0 Å². The minimum Gasteiger partial charge on any atom is -0.341 e. The van der Waals surface area contributed by atoms with Crippen LogP contribution in [0.3, 0.4) is 0 Å². The second-order valence-electron chi connectivity index (χ2n) is 5.35. The Balaban J connectivity index is 0.000000847. The Hall–Kier alpha value is -1.80. The second-order valence-corrected chi connectivity index (χ2v) is 5.79. The van der Waals surface area contributed by atoms with Gasteiger partial charge in [0, 0.05) is 28.3 Å². The Labute approximate surface area is 137 Å². The molecule has 3 rings (SSSR count). The largest absolute Gasteiger partial charge is 0.341 e. The molecule has 0 saturated heterocycles. The van der Waals surface area contributed by atoms with E-state index in [0.717, 1.165) is 17.3 Å². The van der Waals surface area contributed by atoms with Crippen molar-refractivity contribution >= 4 is 22.5 Å². The standard InChI is InChI=1S/C17H17ClN2.C2H6/c1-12(2)16-11-20(10-14-5-3-4-8-19-14)17-7-6-13(18)9-15(16)17;1-2/h3-9,11-12H,10H2,1-2H3;1-2H3. The first kappa shape index (κ1) is 16.6. The zero-order chi connectivity index (χ0) is 16.1. The molecule has 22 heavy (non-hydrogen) atoms. The zero-order valence-electron chi connectivity index (χ0n) is 13.7. The van der Waals surface area contributed by atoms with Crippen LogP contribution in [-0.2, 0) is 6.54 Å².